The molecule has 17 heavy (non-hydrogen) atoms. The molecule has 1 aromatic rings. The molecule has 0 radical (unpaired) electrons. The Morgan fingerprint density at radius 3 is 2.71 bits per heavy atom. The molecule has 0 aliphatic heterocycles. The second kappa shape index (κ2) is 5.24. The van der Waals surface area contributed by atoms with Crippen molar-refractivity contribution in [1.29, 1.82) is 0 Å². The lowest BCUT2D eigenvalue weighted by atomic mass is 10.2. The van der Waals surface area contributed by atoms with Crippen LogP contribution in [0.25, 0.3) is 0 Å². The van der Waals surface area contributed by atoms with E-state index in [0.29, 0.717) is 12.1 Å². The summed E-state index contributed by atoms with van der Waals surface area (Å²) in [5.41, 5.74) is 4.48. The topological polar surface area (TPSA) is 108 Å². The third kappa shape index (κ3) is 3.13. The highest BCUT2D eigenvalue weighted by Crippen LogP contribution is 2.06. The van der Waals surface area contributed by atoms with Crippen LogP contribution >= 0.6 is 0 Å². The van der Waals surface area contributed by atoms with Gasteiger partial charge < -0.3 is 10.3 Å². The van der Waals surface area contributed by atoms with Gasteiger partial charge in [-0.2, -0.15) is 0 Å². The second-order valence-corrected chi connectivity index (χ2v) is 3.64. The van der Waals surface area contributed by atoms with Crippen molar-refractivity contribution in [1.82, 2.24) is 4.57 Å². The minimum absolute atomic E-state index is 0.147. The molecule has 0 unspecified atom stereocenters. The molecule has 7 heteroatoms. The van der Waals surface area contributed by atoms with Crippen molar-refractivity contribution >= 4 is 11.6 Å². The summed E-state index contributed by atoms with van der Waals surface area (Å²) in [5, 5.41) is 10.6. The summed E-state index contributed by atoms with van der Waals surface area (Å²) >= 11 is 0. The van der Waals surface area contributed by atoms with Crippen molar-refractivity contribution in [3.8, 4) is 0 Å². The van der Waals surface area contributed by atoms with E-state index in [4.69, 9.17) is 5.73 Å². The first-order chi connectivity index (χ1) is 7.93. The molecule has 0 aliphatic carbocycles. The van der Waals surface area contributed by atoms with Gasteiger partial charge in [0, 0.05) is 24.7 Å². The van der Waals surface area contributed by atoms with E-state index in [9.17, 15) is 19.7 Å². The Balaban J connectivity index is 2.98. The van der Waals surface area contributed by atoms with Gasteiger partial charge in [0.25, 0.3) is 0 Å². The first-order valence-electron chi connectivity index (χ1n) is 5.06. The molecule has 0 spiro atoms. The number of primary amides is 1. The smallest absolute Gasteiger partial charge is 0.334 e. The van der Waals surface area contributed by atoms with Crippen LogP contribution in [0.5, 0.6) is 0 Å². The van der Waals surface area contributed by atoms with Gasteiger partial charge in [-0.1, -0.05) is 0 Å². The second-order valence-electron chi connectivity index (χ2n) is 3.64. The Labute approximate surface area is 97.0 Å². The normalized spacial score (nSPS) is 10.2. The van der Waals surface area contributed by atoms with Crippen LogP contribution in [0.4, 0.5) is 5.69 Å². The van der Waals surface area contributed by atoms with Gasteiger partial charge in [0.15, 0.2) is 0 Å². The molecule has 1 amide bonds. The molecule has 7 nitrogen and oxygen atoms in total. The van der Waals surface area contributed by atoms with Gasteiger partial charge in [0.05, 0.1) is 4.92 Å². The van der Waals surface area contributed by atoms with E-state index in [-0.39, 0.29) is 13.0 Å². The SMILES string of the molecule is Cc1ccc([N+](=O)[O-])c(=O)n1CCCC(N)=O. The summed E-state index contributed by atoms with van der Waals surface area (Å²) in [4.78, 5) is 32.1. The van der Waals surface area contributed by atoms with Crippen LogP contribution in [0, 0.1) is 17.0 Å². The van der Waals surface area contributed by atoms with Gasteiger partial charge in [-0.25, -0.2) is 0 Å². The van der Waals surface area contributed by atoms with Gasteiger partial charge in [-0.15, -0.1) is 0 Å². The molecule has 0 aromatic carbocycles. The highest BCUT2D eigenvalue weighted by molar-refractivity contribution is 5.73. The number of nitrogens with zero attached hydrogens (tertiary/aromatic N) is 2. The number of aromatic nitrogens is 1. The highest BCUT2D eigenvalue weighted by Gasteiger charge is 2.15. The van der Waals surface area contributed by atoms with Crippen molar-refractivity contribution in [2.45, 2.75) is 26.3 Å². The van der Waals surface area contributed by atoms with Gasteiger partial charge in [0.2, 0.25) is 5.91 Å². The Morgan fingerprint density at radius 2 is 2.18 bits per heavy atom. The van der Waals surface area contributed by atoms with Gasteiger partial charge >= 0.3 is 11.2 Å². The maximum atomic E-state index is 11.7. The van der Waals surface area contributed by atoms with Crippen LogP contribution in [0.1, 0.15) is 18.5 Å². The van der Waals surface area contributed by atoms with E-state index in [0.717, 1.165) is 0 Å². The highest BCUT2D eigenvalue weighted by atomic mass is 16.6. The summed E-state index contributed by atoms with van der Waals surface area (Å²) in [6.07, 6.45) is 0.534. The number of pyridine rings is 1. The maximum absolute atomic E-state index is 11.7. The Bertz CT molecular complexity index is 507. The fourth-order valence-electron chi connectivity index (χ4n) is 1.49. The molecule has 1 heterocycles. The van der Waals surface area contributed by atoms with Crippen LogP contribution in [-0.2, 0) is 11.3 Å². The Hall–Kier alpha value is -2.18. The maximum Gasteiger partial charge on any atom is 0.334 e. The van der Waals surface area contributed by atoms with Gasteiger partial charge in [-0.3, -0.25) is 19.7 Å². The van der Waals surface area contributed by atoms with Crippen molar-refractivity contribution in [2.24, 2.45) is 5.73 Å². The minimum Gasteiger partial charge on any atom is -0.370 e. The quantitative estimate of drug-likeness (QED) is 0.589. The van der Waals surface area contributed by atoms with Gasteiger partial charge in [0.1, 0.15) is 0 Å². The standard InChI is InChI=1S/C10H13N3O4/c1-7-4-5-8(13(16)17)10(15)12(7)6-2-3-9(11)14/h4-5H,2-3,6H2,1H3,(H2,11,14). The average Bonchev–Trinajstić information content (AvgIpc) is 2.21. The lowest BCUT2D eigenvalue weighted by Gasteiger charge is -2.08. The minimum atomic E-state index is -0.716. The van der Waals surface area contributed by atoms with Crippen molar-refractivity contribution in [2.75, 3.05) is 0 Å². The molecule has 0 aliphatic rings. The number of rotatable bonds is 5. The molecule has 1 aromatic heterocycles. The summed E-state index contributed by atoms with van der Waals surface area (Å²) in [6.45, 7) is 1.92. The van der Waals surface area contributed by atoms with Crippen molar-refractivity contribution < 1.29 is 9.72 Å². The lowest BCUT2D eigenvalue weighted by molar-refractivity contribution is -0.386. The van der Waals surface area contributed by atoms with Gasteiger partial charge in [-0.05, 0) is 19.4 Å². The molecule has 92 valence electrons. The summed E-state index contributed by atoms with van der Waals surface area (Å²) in [7, 11) is 0. The molecule has 0 bridgehead atoms. The molecule has 0 saturated heterocycles. The fourth-order valence-corrected chi connectivity index (χ4v) is 1.49. The average molecular weight is 239 g/mol. The lowest BCUT2D eigenvalue weighted by Crippen LogP contribution is -2.25. The molecular formula is C10H13N3O4. The third-order valence-electron chi connectivity index (χ3n) is 2.37. The predicted octanol–water partition coefficient (Wildman–Crippen LogP) is 0.330. The summed E-state index contributed by atoms with van der Waals surface area (Å²) < 4.78 is 1.28. The first-order valence-corrected chi connectivity index (χ1v) is 5.06. The number of hydrogen-bond acceptors (Lipinski definition) is 4. The number of aryl methyl sites for hydroxylation is 1. The van der Waals surface area contributed by atoms with E-state index in [1.807, 2.05) is 0 Å². The molecule has 1 rings (SSSR count). The number of hydrogen-bond donors (Lipinski definition) is 1. The fraction of sp³-hybridized carbons (Fsp3) is 0.400. The zero-order chi connectivity index (χ0) is 13.0. The monoisotopic (exact) mass is 239 g/mol. The van der Waals surface area contributed by atoms with Crippen LogP contribution in [0.3, 0.4) is 0 Å². The molecule has 0 saturated carbocycles. The zero-order valence-electron chi connectivity index (χ0n) is 9.38. The molecule has 0 atom stereocenters. The van der Waals surface area contributed by atoms with E-state index in [1.165, 1.54) is 16.7 Å². The number of nitro groups is 1. The summed E-state index contributed by atoms with van der Waals surface area (Å²) in [6, 6.07) is 2.69. The Morgan fingerprint density at radius 1 is 1.53 bits per heavy atom. The van der Waals surface area contributed by atoms with Crippen LogP contribution in [0.2, 0.25) is 0 Å². The van der Waals surface area contributed by atoms with E-state index < -0.39 is 22.1 Å². The Kier molecular flexibility index (Phi) is 3.97. The largest absolute Gasteiger partial charge is 0.370 e. The van der Waals surface area contributed by atoms with Crippen LogP contribution in [0.15, 0.2) is 16.9 Å². The zero-order valence-corrected chi connectivity index (χ0v) is 9.38. The van der Waals surface area contributed by atoms with Crippen molar-refractivity contribution in [3.63, 3.8) is 0 Å². The van der Waals surface area contributed by atoms with Crippen molar-refractivity contribution in [3.05, 3.63) is 38.3 Å². The predicted molar refractivity (Wildman–Crippen MR) is 60.5 cm³/mol. The number of amides is 1. The number of nitrogens with two attached hydrogens (primary N) is 1. The van der Waals surface area contributed by atoms with E-state index in [1.54, 1.807) is 6.92 Å². The van der Waals surface area contributed by atoms with E-state index >= 15 is 0 Å². The third-order valence-corrected chi connectivity index (χ3v) is 2.37. The van der Waals surface area contributed by atoms with E-state index in [2.05, 4.69) is 0 Å². The summed E-state index contributed by atoms with van der Waals surface area (Å²) in [5.74, 6) is -0.457. The molecular weight excluding hydrogens is 226 g/mol. The number of carbonyl (C=O) groups excluding carboxylic acids is 1. The van der Waals surface area contributed by atoms with Crippen LogP contribution in [-0.4, -0.2) is 15.4 Å². The molecule has 2 N–H and O–H groups in total. The molecule has 0 fully saturated rings. The number of carbonyl (C=O) groups is 1. The van der Waals surface area contributed by atoms with Crippen LogP contribution < -0.4 is 11.3 Å². The first kappa shape index (κ1) is 12.9.